The first-order chi connectivity index (χ1) is 7.18. The van der Waals surface area contributed by atoms with Crippen LogP contribution in [0.1, 0.15) is 20.3 Å². The molecule has 1 atom stereocenters. The van der Waals surface area contributed by atoms with Crippen molar-refractivity contribution < 1.29 is 22.8 Å². The maximum atomic E-state index is 12.2. The van der Waals surface area contributed by atoms with Gasteiger partial charge in [-0.1, -0.05) is 6.92 Å². The second kappa shape index (κ2) is 3.95. The maximum Gasteiger partial charge on any atom is 0.406 e. The number of nitrogens with one attached hydrogen (secondary N) is 1. The van der Waals surface area contributed by atoms with Crippen molar-refractivity contribution in [3.63, 3.8) is 0 Å². The van der Waals surface area contributed by atoms with Crippen molar-refractivity contribution in [2.45, 2.75) is 32.0 Å². The standard InChI is InChI=1S/C9H13F3N2O2/c1-3-8(2)7(16)14(4-6(15)13-8)5-9(10,11)12/h3-5H2,1-2H3,(H,13,15). The summed E-state index contributed by atoms with van der Waals surface area (Å²) in [5, 5.41) is 2.41. The van der Waals surface area contributed by atoms with E-state index >= 15 is 0 Å². The van der Waals surface area contributed by atoms with E-state index in [4.69, 9.17) is 0 Å². The van der Waals surface area contributed by atoms with Crippen LogP contribution in [0.5, 0.6) is 0 Å². The molecule has 0 radical (unpaired) electrons. The van der Waals surface area contributed by atoms with Crippen LogP contribution >= 0.6 is 0 Å². The number of piperazine rings is 1. The molecule has 1 heterocycles. The summed E-state index contributed by atoms with van der Waals surface area (Å²) in [7, 11) is 0. The summed E-state index contributed by atoms with van der Waals surface area (Å²) >= 11 is 0. The zero-order chi connectivity index (χ0) is 12.6. The van der Waals surface area contributed by atoms with Crippen LogP contribution in [-0.2, 0) is 9.59 Å². The van der Waals surface area contributed by atoms with Crippen LogP contribution in [-0.4, -0.2) is 41.5 Å². The Bertz CT molecular complexity index is 316. The first-order valence-corrected chi connectivity index (χ1v) is 4.85. The number of alkyl halides is 3. The highest BCUT2D eigenvalue weighted by molar-refractivity contribution is 5.97. The minimum atomic E-state index is -4.48. The number of rotatable bonds is 2. The van der Waals surface area contributed by atoms with Gasteiger partial charge in [-0.05, 0) is 13.3 Å². The molecule has 2 amide bonds. The molecule has 1 aliphatic heterocycles. The van der Waals surface area contributed by atoms with E-state index in [2.05, 4.69) is 5.32 Å². The maximum absolute atomic E-state index is 12.2. The molecule has 92 valence electrons. The Kier molecular flexibility index (Phi) is 3.16. The number of nitrogens with zero attached hydrogens (tertiary/aromatic N) is 1. The van der Waals surface area contributed by atoms with Gasteiger partial charge in [-0.15, -0.1) is 0 Å². The van der Waals surface area contributed by atoms with E-state index in [0.29, 0.717) is 4.90 Å². The van der Waals surface area contributed by atoms with Crippen molar-refractivity contribution in [2.24, 2.45) is 0 Å². The molecule has 4 nitrogen and oxygen atoms in total. The van der Waals surface area contributed by atoms with E-state index in [1.807, 2.05) is 0 Å². The van der Waals surface area contributed by atoms with Crippen molar-refractivity contribution >= 4 is 11.8 Å². The molecule has 1 fully saturated rings. The van der Waals surface area contributed by atoms with Crippen molar-refractivity contribution in [2.75, 3.05) is 13.1 Å². The predicted octanol–water partition coefficient (Wildman–Crippen LogP) is 0.676. The molecule has 1 N–H and O–H groups in total. The van der Waals surface area contributed by atoms with E-state index < -0.39 is 36.6 Å². The molecule has 1 unspecified atom stereocenters. The minimum Gasteiger partial charge on any atom is -0.340 e. The number of hydrogen-bond acceptors (Lipinski definition) is 2. The number of amides is 2. The van der Waals surface area contributed by atoms with Gasteiger partial charge in [0.25, 0.3) is 0 Å². The van der Waals surface area contributed by atoms with Gasteiger partial charge in [0.05, 0.1) is 6.54 Å². The van der Waals surface area contributed by atoms with Crippen molar-refractivity contribution in [3.05, 3.63) is 0 Å². The van der Waals surface area contributed by atoms with Gasteiger partial charge < -0.3 is 10.2 Å². The van der Waals surface area contributed by atoms with Crippen molar-refractivity contribution in [3.8, 4) is 0 Å². The van der Waals surface area contributed by atoms with Gasteiger partial charge in [0.2, 0.25) is 11.8 Å². The van der Waals surface area contributed by atoms with Crippen LogP contribution in [0.15, 0.2) is 0 Å². The highest BCUT2D eigenvalue weighted by Gasteiger charge is 2.45. The lowest BCUT2D eigenvalue weighted by atomic mass is 9.94. The third-order valence-electron chi connectivity index (χ3n) is 2.59. The normalized spacial score (nSPS) is 26.9. The molecule has 0 aromatic carbocycles. The van der Waals surface area contributed by atoms with Crippen LogP contribution in [0, 0.1) is 0 Å². The Balaban J connectivity index is 2.86. The zero-order valence-electron chi connectivity index (χ0n) is 9.02. The Morgan fingerprint density at radius 3 is 2.44 bits per heavy atom. The van der Waals surface area contributed by atoms with Crippen LogP contribution in [0.3, 0.4) is 0 Å². The van der Waals surface area contributed by atoms with Crippen LogP contribution < -0.4 is 5.32 Å². The first-order valence-electron chi connectivity index (χ1n) is 4.85. The topological polar surface area (TPSA) is 49.4 Å². The van der Waals surface area contributed by atoms with E-state index in [-0.39, 0.29) is 6.42 Å². The summed E-state index contributed by atoms with van der Waals surface area (Å²) in [5.41, 5.74) is -1.22. The van der Waals surface area contributed by atoms with Gasteiger partial charge >= 0.3 is 6.18 Å². The summed E-state index contributed by atoms with van der Waals surface area (Å²) in [5.74, 6) is -1.25. The first kappa shape index (κ1) is 12.8. The van der Waals surface area contributed by atoms with Crippen molar-refractivity contribution in [1.29, 1.82) is 0 Å². The van der Waals surface area contributed by atoms with E-state index in [1.54, 1.807) is 6.92 Å². The second-order valence-corrected chi connectivity index (χ2v) is 4.01. The summed E-state index contributed by atoms with van der Waals surface area (Å²) in [6.45, 7) is 1.15. The quantitative estimate of drug-likeness (QED) is 0.769. The zero-order valence-corrected chi connectivity index (χ0v) is 9.02. The number of hydrogen-bond donors (Lipinski definition) is 1. The number of halogens is 3. The van der Waals surface area contributed by atoms with Gasteiger partial charge in [-0.25, -0.2) is 0 Å². The Hall–Kier alpha value is -1.27. The van der Waals surface area contributed by atoms with Crippen LogP contribution in [0.4, 0.5) is 13.2 Å². The molecule has 16 heavy (non-hydrogen) atoms. The molecule has 0 aromatic heterocycles. The van der Waals surface area contributed by atoms with E-state index in [9.17, 15) is 22.8 Å². The fourth-order valence-electron chi connectivity index (χ4n) is 1.58. The fraction of sp³-hybridized carbons (Fsp3) is 0.778. The third kappa shape index (κ3) is 2.65. The van der Waals surface area contributed by atoms with Gasteiger partial charge in [0.15, 0.2) is 0 Å². The van der Waals surface area contributed by atoms with Gasteiger partial charge in [0.1, 0.15) is 12.1 Å². The van der Waals surface area contributed by atoms with Gasteiger partial charge in [0, 0.05) is 0 Å². The molecule has 1 saturated heterocycles. The number of carbonyl (C=O) groups excluding carboxylic acids is 2. The second-order valence-electron chi connectivity index (χ2n) is 4.01. The Labute approximate surface area is 90.8 Å². The summed E-state index contributed by atoms with van der Waals surface area (Å²) < 4.78 is 36.5. The molecule has 0 saturated carbocycles. The monoisotopic (exact) mass is 238 g/mol. The highest BCUT2D eigenvalue weighted by atomic mass is 19.4. The smallest absolute Gasteiger partial charge is 0.340 e. The van der Waals surface area contributed by atoms with Gasteiger partial charge in [-0.2, -0.15) is 13.2 Å². The summed E-state index contributed by atoms with van der Waals surface area (Å²) in [6, 6.07) is 0. The lowest BCUT2D eigenvalue weighted by Gasteiger charge is -2.39. The van der Waals surface area contributed by atoms with Gasteiger partial charge in [-0.3, -0.25) is 9.59 Å². The molecule has 0 spiro atoms. The molecular weight excluding hydrogens is 225 g/mol. The van der Waals surface area contributed by atoms with Crippen molar-refractivity contribution in [1.82, 2.24) is 10.2 Å². The van der Waals surface area contributed by atoms with E-state index in [0.717, 1.165) is 0 Å². The number of carbonyl (C=O) groups is 2. The lowest BCUT2D eigenvalue weighted by Crippen LogP contribution is -2.66. The molecule has 1 rings (SSSR count). The summed E-state index contributed by atoms with van der Waals surface area (Å²) in [6.07, 6.45) is -4.23. The Morgan fingerprint density at radius 1 is 1.44 bits per heavy atom. The highest BCUT2D eigenvalue weighted by Crippen LogP contribution is 2.22. The van der Waals surface area contributed by atoms with Crippen LogP contribution in [0.25, 0.3) is 0 Å². The average molecular weight is 238 g/mol. The molecule has 0 aliphatic carbocycles. The lowest BCUT2D eigenvalue weighted by molar-refractivity contribution is -0.171. The molecule has 0 aromatic rings. The fourth-order valence-corrected chi connectivity index (χ4v) is 1.58. The molecule has 1 aliphatic rings. The molecule has 0 bridgehead atoms. The van der Waals surface area contributed by atoms with E-state index in [1.165, 1.54) is 6.92 Å². The Morgan fingerprint density at radius 2 is 2.00 bits per heavy atom. The average Bonchev–Trinajstić information content (AvgIpc) is 2.11. The predicted molar refractivity (Wildman–Crippen MR) is 49.5 cm³/mol. The summed E-state index contributed by atoms with van der Waals surface area (Å²) in [4.78, 5) is 23.5. The third-order valence-corrected chi connectivity index (χ3v) is 2.59. The minimum absolute atomic E-state index is 0.256. The van der Waals surface area contributed by atoms with Crippen LogP contribution in [0.2, 0.25) is 0 Å². The molecule has 7 heteroatoms. The largest absolute Gasteiger partial charge is 0.406 e. The molecular formula is C9H13F3N2O2. The SMILES string of the molecule is CCC1(C)NC(=O)CN(CC(F)(F)F)C1=O.